The van der Waals surface area contributed by atoms with Crippen molar-refractivity contribution < 1.29 is 9.90 Å². The molecular formula is C21H26N2O2. The third-order valence-electron chi connectivity index (χ3n) is 5.07. The van der Waals surface area contributed by atoms with Crippen LogP contribution in [-0.4, -0.2) is 33.5 Å². The van der Waals surface area contributed by atoms with Crippen LogP contribution >= 0.6 is 0 Å². The number of aryl methyl sites for hydroxylation is 3. The zero-order valence-corrected chi connectivity index (χ0v) is 15.0. The maximum atomic E-state index is 13.1. The van der Waals surface area contributed by atoms with Crippen molar-refractivity contribution in [1.82, 2.24) is 9.88 Å². The number of phenolic OH excluding ortho intramolecular Hbond substituents is 1. The van der Waals surface area contributed by atoms with Crippen LogP contribution in [0.2, 0.25) is 0 Å². The van der Waals surface area contributed by atoms with Crippen LogP contribution in [0.5, 0.6) is 5.75 Å². The number of piperidine rings is 1. The lowest BCUT2D eigenvalue weighted by atomic mass is 9.94. The second-order valence-electron chi connectivity index (χ2n) is 6.99. The molecule has 4 nitrogen and oxygen atoms in total. The van der Waals surface area contributed by atoms with E-state index in [1.165, 1.54) is 12.0 Å². The van der Waals surface area contributed by atoms with Gasteiger partial charge in [0.1, 0.15) is 5.75 Å². The molecule has 0 aliphatic carbocycles. The first kappa shape index (κ1) is 17.5. The number of aromatic nitrogens is 1. The van der Waals surface area contributed by atoms with Crippen LogP contribution in [0.1, 0.15) is 52.9 Å². The highest BCUT2D eigenvalue weighted by Crippen LogP contribution is 2.24. The zero-order valence-electron chi connectivity index (χ0n) is 15.0. The molecule has 1 aliphatic heterocycles. The molecule has 0 radical (unpaired) electrons. The average Bonchev–Trinajstić information content (AvgIpc) is 2.61. The Kier molecular flexibility index (Phi) is 5.37. The van der Waals surface area contributed by atoms with Gasteiger partial charge in [0.2, 0.25) is 0 Å². The van der Waals surface area contributed by atoms with Crippen molar-refractivity contribution in [3.05, 3.63) is 58.9 Å². The van der Waals surface area contributed by atoms with Gasteiger partial charge < -0.3 is 10.0 Å². The average molecular weight is 338 g/mol. The number of likely N-dealkylation sites (tertiary alicyclic amines) is 1. The molecule has 1 aromatic heterocycles. The van der Waals surface area contributed by atoms with Gasteiger partial charge >= 0.3 is 0 Å². The molecule has 2 heterocycles. The SMILES string of the molecule is Cc1cc(C)c(C(=O)N2CCCC[C@@H]2CCc2ccc(O)cc2)cn1. The molecule has 1 atom stereocenters. The number of phenols is 1. The van der Waals surface area contributed by atoms with E-state index in [-0.39, 0.29) is 11.9 Å². The molecule has 1 saturated heterocycles. The molecule has 1 amide bonds. The van der Waals surface area contributed by atoms with E-state index in [0.717, 1.165) is 49.0 Å². The quantitative estimate of drug-likeness (QED) is 0.915. The van der Waals surface area contributed by atoms with Crippen LogP contribution in [-0.2, 0) is 6.42 Å². The molecule has 1 aliphatic rings. The predicted molar refractivity (Wildman–Crippen MR) is 98.8 cm³/mol. The number of aromatic hydroxyl groups is 1. The number of hydrogen-bond donors (Lipinski definition) is 1. The van der Waals surface area contributed by atoms with Crippen LogP contribution in [0.15, 0.2) is 36.5 Å². The summed E-state index contributed by atoms with van der Waals surface area (Å²) in [5.41, 5.74) is 3.86. The third kappa shape index (κ3) is 4.19. The van der Waals surface area contributed by atoms with E-state index in [1.807, 2.05) is 36.9 Å². The van der Waals surface area contributed by atoms with E-state index in [0.29, 0.717) is 5.75 Å². The highest BCUT2D eigenvalue weighted by Gasteiger charge is 2.28. The first-order valence-corrected chi connectivity index (χ1v) is 9.07. The van der Waals surface area contributed by atoms with Gasteiger partial charge in [0, 0.05) is 24.5 Å². The smallest absolute Gasteiger partial charge is 0.255 e. The van der Waals surface area contributed by atoms with Crippen molar-refractivity contribution in [3.8, 4) is 5.75 Å². The Morgan fingerprint density at radius 1 is 1.24 bits per heavy atom. The Morgan fingerprint density at radius 3 is 2.72 bits per heavy atom. The summed E-state index contributed by atoms with van der Waals surface area (Å²) < 4.78 is 0. The molecular weight excluding hydrogens is 312 g/mol. The molecule has 0 bridgehead atoms. The maximum absolute atomic E-state index is 13.1. The normalized spacial score (nSPS) is 17.5. The first-order chi connectivity index (χ1) is 12.0. The number of amides is 1. The first-order valence-electron chi connectivity index (χ1n) is 9.07. The lowest BCUT2D eigenvalue weighted by Crippen LogP contribution is -2.44. The summed E-state index contributed by atoms with van der Waals surface area (Å²) in [5, 5.41) is 9.40. The number of benzene rings is 1. The van der Waals surface area contributed by atoms with Crippen molar-refractivity contribution >= 4 is 5.91 Å². The number of hydrogen-bond acceptors (Lipinski definition) is 3. The highest BCUT2D eigenvalue weighted by molar-refractivity contribution is 5.95. The van der Waals surface area contributed by atoms with Crippen LogP contribution in [0.25, 0.3) is 0 Å². The van der Waals surface area contributed by atoms with E-state index in [4.69, 9.17) is 0 Å². The molecule has 0 saturated carbocycles. The number of nitrogens with zero attached hydrogens (tertiary/aromatic N) is 2. The van der Waals surface area contributed by atoms with Gasteiger partial charge in [-0.2, -0.15) is 0 Å². The topological polar surface area (TPSA) is 53.4 Å². The Hall–Kier alpha value is -2.36. The Morgan fingerprint density at radius 2 is 2.00 bits per heavy atom. The number of pyridine rings is 1. The summed E-state index contributed by atoms with van der Waals surface area (Å²) >= 11 is 0. The standard InChI is InChI=1S/C21H26N2O2/c1-15-13-16(2)22-14-20(15)21(25)23-12-4-3-5-18(23)9-6-17-7-10-19(24)11-8-17/h7-8,10-11,13-14,18,24H,3-6,9,12H2,1-2H3/t18-/m1/s1. The van der Waals surface area contributed by atoms with E-state index in [2.05, 4.69) is 4.98 Å². The van der Waals surface area contributed by atoms with Gasteiger partial charge in [-0.05, 0) is 75.3 Å². The van der Waals surface area contributed by atoms with Gasteiger partial charge in [0.05, 0.1) is 5.56 Å². The summed E-state index contributed by atoms with van der Waals surface area (Å²) in [6.45, 7) is 4.76. The Bertz CT molecular complexity index is 740. The van der Waals surface area contributed by atoms with E-state index in [9.17, 15) is 9.90 Å². The maximum Gasteiger partial charge on any atom is 0.255 e. The number of carbonyl (C=O) groups excluding carboxylic acids is 1. The summed E-state index contributed by atoms with van der Waals surface area (Å²) in [5.74, 6) is 0.404. The van der Waals surface area contributed by atoms with Crippen molar-refractivity contribution in [3.63, 3.8) is 0 Å². The largest absolute Gasteiger partial charge is 0.508 e. The van der Waals surface area contributed by atoms with Gasteiger partial charge in [-0.3, -0.25) is 9.78 Å². The second kappa shape index (κ2) is 7.68. The zero-order chi connectivity index (χ0) is 17.8. The van der Waals surface area contributed by atoms with Gasteiger partial charge in [-0.15, -0.1) is 0 Å². The van der Waals surface area contributed by atoms with Crippen molar-refractivity contribution in [2.75, 3.05) is 6.54 Å². The van der Waals surface area contributed by atoms with Crippen LogP contribution in [0, 0.1) is 13.8 Å². The minimum Gasteiger partial charge on any atom is -0.508 e. The number of carbonyl (C=O) groups is 1. The Balaban J connectivity index is 1.71. The second-order valence-corrected chi connectivity index (χ2v) is 6.99. The predicted octanol–water partition coefficient (Wildman–Crippen LogP) is 4.03. The molecule has 1 fully saturated rings. The highest BCUT2D eigenvalue weighted by atomic mass is 16.3. The molecule has 0 unspecified atom stereocenters. The lowest BCUT2D eigenvalue weighted by molar-refractivity contribution is 0.0600. The summed E-state index contributed by atoms with van der Waals surface area (Å²) in [6, 6.07) is 9.61. The van der Waals surface area contributed by atoms with Gasteiger partial charge in [-0.25, -0.2) is 0 Å². The minimum absolute atomic E-state index is 0.111. The van der Waals surface area contributed by atoms with Crippen LogP contribution in [0.4, 0.5) is 0 Å². The van der Waals surface area contributed by atoms with Crippen molar-refractivity contribution in [1.29, 1.82) is 0 Å². The van der Waals surface area contributed by atoms with Crippen molar-refractivity contribution in [2.45, 2.75) is 52.0 Å². The molecule has 1 N–H and O–H groups in total. The molecule has 132 valence electrons. The fourth-order valence-corrected chi connectivity index (χ4v) is 3.64. The molecule has 3 rings (SSSR count). The minimum atomic E-state index is 0.111. The molecule has 2 aromatic rings. The monoisotopic (exact) mass is 338 g/mol. The van der Waals surface area contributed by atoms with Crippen molar-refractivity contribution in [2.24, 2.45) is 0 Å². The lowest BCUT2D eigenvalue weighted by Gasteiger charge is -2.36. The van der Waals surface area contributed by atoms with Gasteiger partial charge in [0.25, 0.3) is 5.91 Å². The summed E-state index contributed by atoms with van der Waals surface area (Å²) in [4.78, 5) is 19.4. The van der Waals surface area contributed by atoms with Gasteiger partial charge in [0.15, 0.2) is 0 Å². The molecule has 0 spiro atoms. The fraction of sp³-hybridized carbons (Fsp3) is 0.429. The van der Waals surface area contributed by atoms with Crippen LogP contribution in [0.3, 0.4) is 0 Å². The molecule has 1 aromatic carbocycles. The molecule has 4 heteroatoms. The van der Waals surface area contributed by atoms with Gasteiger partial charge in [-0.1, -0.05) is 12.1 Å². The van der Waals surface area contributed by atoms with E-state index in [1.54, 1.807) is 18.3 Å². The Labute approximate surface area is 149 Å². The fourth-order valence-electron chi connectivity index (χ4n) is 3.64. The van der Waals surface area contributed by atoms with E-state index < -0.39 is 0 Å². The molecule has 25 heavy (non-hydrogen) atoms. The third-order valence-corrected chi connectivity index (χ3v) is 5.07. The summed E-state index contributed by atoms with van der Waals surface area (Å²) in [7, 11) is 0. The summed E-state index contributed by atoms with van der Waals surface area (Å²) in [6.07, 6.45) is 6.89. The number of rotatable bonds is 4. The van der Waals surface area contributed by atoms with E-state index >= 15 is 0 Å². The van der Waals surface area contributed by atoms with Crippen LogP contribution < -0.4 is 0 Å².